The second kappa shape index (κ2) is 10.7. The van der Waals surface area contributed by atoms with Gasteiger partial charge in [-0.2, -0.15) is 4.98 Å². The van der Waals surface area contributed by atoms with Crippen molar-refractivity contribution in [2.75, 3.05) is 46.8 Å². The van der Waals surface area contributed by atoms with Gasteiger partial charge >= 0.3 is 0 Å². The van der Waals surface area contributed by atoms with E-state index in [-0.39, 0.29) is 0 Å². The van der Waals surface area contributed by atoms with E-state index in [9.17, 15) is 0 Å². The molecule has 1 rings (SSSR count). The van der Waals surface area contributed by atoms with Gasteiger partial charge in [0.2, 0.25) is 5.88 Å². The summed E-state index contributed by atoms with van der Waals surface area (Å²) in [4.78, 5) is 8.47. The molecule has 1 heterocycles. The third kappa shape index (κ3) is 7.04. The second-order valence-corrected chi connectivity index (χ2v) is 4.64. The fourth-order valence-electron chi connectivity index (χ4n) is 1.47. The lowest BCUT2D eigenvalue weighted by molar-refractivity contribution is 0.0176. The molecule has 0 atom stereocenters. The average Bonchev–Trinajstić information content (AvgIpc) is 2.49. The lowest BCUT2D eigenvalue weighted by atomic mass is 10.3. The number of hydrogen-bond acceptors (Lipinski definition) is 6. The lowest BCUT2D eigenvalue weighted by Crippen LogP contribution is -2.13. The third-order valence-corrected chi connectivity index (χ3v) is 3.04. The third-order valence-electron chi connectivity index (χ3n) is 2.67. The van der Waals surface area contributed by atoms with Gasteiger partial charge in [0.15, 0.2) is 0 Å². The maximum absolute atomic E-state index is 6.03. The van der Waals surface area contributed by atoms with E-state index in [0.717, 1.165) is 5.56 Å². The number of ether oxygens (including phenoxy) is 4. The normalized spacial score (nSPS) is 10.9. The van der Waals surface area contributed by atoms with E-state index in [2.05, 4.69) is 9.97 Å². The van der Waals surface area contributed by atoms with Crippen LogP contribution in [0.2, 0.25) is 5.15 Å². The molecular formula is C14H23ClN2O4. The van der Waals surface area contributed by atoms with Crippen molar-refractivity contribution in [3.05, 3.63) is 16.5 Å². The molecule has 21 heavy (non-hydrogen) atoms. The Balaban J connectivity index is 2.19. The summed E-state index contributed by atoms with van der Waals surface area (Å²) in [5.74, 6) is 1.19. The number of hydrogen-bond donors (Lipinski definition) is 0. The predicted octanol–water partition coefficient (Wildman–Crippen LogP) is 2.06. The van der Waals surface area contributed by atoms with Gasteiger partial charge in [0.1, 0.15) is 17.6 Å². The standard InChI is InChI=1S/C14H23ClN2O4/c1-4-12-16-13(15)11(2)14(17-12)21-10-9-20-8-7-19-6-5-18-3/h4-10H2,1-3H3. The first kappa shape index (κ1) is 18.1. The lowest BCUT2D eigenvalue weighted by Gasteiger charge is -2.10. The van der Waals surface area contributed by atoms with Crippen LogP contribution in [0.25, 0.3) is 0 Å². The van der Waals surface area contributed by atoms with E-state index in [0.29, 0.717) is 62.9 Å². The topological polar surface area (TPSA) is 62.7 Å². The van der Waals surface area contributed by atoms with Crippen LogP contribution in [-0.2, 0) is 20.6 Å². The summed E-state index contributed by atoms with van der Waals surface area (Å²) in [5, 5.41) is 0.435. The number of nitrogens with zero attached hydrogens (tertiary/aromatic N) is 2. The molecule has 0 aromatic carbocycles. The largest absolute Gasteiger partial charge is 0.475 e. The Hall–Kier alpha value is -0.950. The van der Waals surface area contributed by atoms with Crippen LogP contribution in [-0.4, -0.2) is 56.7 Å². The fourth-order valence-corrected chi connectivity index (χ4v) is 1.65. The molecule has 0 bridgehead atoms. The van der Waals surface area contributed by atoms with Crippen LogP contribution in [0.15, 0.2) is 0 Å². The summed E-state index contributed by atoms with van der Waals surface area (Å²) < 4.78 is 21.1. The molecule has 1 aromatic heterocycles. The molecule has 0 aliphatic rings. The molecule has 120 valence electrons. The fraction of sp³-hybridized carbons (Fsp3) is 0.714. The Kier molecular flexibility index (Phi) is 9.25. The van der Waals surface area contributed by atoms with Crippen LogP contribution in [0, 0.1) is 6.92 Å². The van der Waals surface area contributed by atoms with E-state index >= 15 is 0 Å². The van der Waals surface area contributed by atoms with Gasteiger partial charge in [0.25, 0.3) is 0 Å². The molecule has 0 spiro atoms. The van der Waals surface area contributed by atoms with Gasteiger partial charge in [-0.15, -0.1) is 0 Å². The molecular weight excluding hydrogens is 296 g/mol. The Labute approximate surface area is 130 Å². The van der Waals surface area contributed by atoms with Crippen molar-refractivity contribution in [2.45, 2.75) is 20.3 Å². The molecule has 7 heteroatoms. The quantitative estimate of drug-likeness (QED) is 0.460. The van der Waals surface area contributed by atoms with Crippen molar-refractivity contribution in [1.82, 2.24) is 9.97 Å². The molecule has 0 fully saturated rings. The summed E-state index contributed by atoms with van der Waals surface area (Å²) in [6.45, 7) is 6.93. The van der Waals surface area contributed by atoms with Gasteiger partial charge in [-0.05, 0) is 6.92 Å². The molecule has 0 saturated heterocycles. The van der Waals surface area contributed by atoms with Gasteiger partial charge in [-0.1, -0.05) is 18.5 Å². The first-order valence-electron chi connectivity index (χ1n) is 6.99. The van der Waals surface area contributed by atoms with Crippen molar-refractivity contribution in [3.63, 3.8) is 0 Å². The molecule has 0 radical (unpaired) electrons. The highest BCUT2D eigenvalue weighted by Gasteiger charge is 2.09. The van der Waals surface area contributed by atoms with Crippen molar-refractivity contribution < 1.29 is 18.9 Å². The molecule has 0 N–H and O–H groups in total. The van der Waals surface area contributed by atoms with E-state index < -0.39 is 0 Å². The van der Waals surface area contributed by atoms with Gasteiger partial charge in [0, 0.05) is 19.1 Å². The minimum atomic E-state index is 0.412. The van der Waals surface area contributed by atoms with Crippen molar-refractivity contribution in [3.8, 4) is 5.88 Å². The van der Waals surface area contributed by atoms with Crippen molar-refractivity contribution in [1.29, 1.82) is 0 Å². The maximum atomic E-state index is 6.03. The predicted molar refractivity (Wildman–Crippen MR) is 80.2 cm³/mol. The highest BCUT2D eigenvalue weighted by Crippen LogP contribution is 2.21. The molecule has 0 amide bonds. The zero-order chi connectivity index (χ0) is 15.5. The van der Waals surface area contributed by atoms with E-state index in [1.165, 1.54) is 0 Å². The van der Waals surface area contributed by atoms with Crippen LogP contribution in [0.3, 0.4) is 0 Å². The molecule has 6 nitrogen and oxygen atoms in total. The van der Waals surface area contributed by atoms with E-state index in [1.54, 1.807) is 7.11 Å². The van der Waals surface area contributed by atoms with E-state index in [1.807, 2.05) is 13.8 Å². The highest BCUT2D eigenvalue weighted by molar-refractivity contribution is 6.30. The monoisotopic (exact) mass is 318 g/mol. The van der Waals surface area contributed by atoms with Gasteiger partial charge in [-0.25, -0.2) is 4.98 Å². The zero-order valence-corrected chi connectivity index (χ0v) is 13.6. The Morgan fingerprint density at radius 2 is 1.57 bits per heavy atom. The van der Waals surface area contributed by atoms with Gasteiger partial charge in [-0.3, -0.25) is 0 Å². The van der Waals surface area contributed by atoms with Crippen LogP contribution in [0.5, 0.6) is 5.88 Å². The Morgan fingerprint density at radius 1 is 0.952 bits per heavy atom. The minimum Gasteiger partial charge on any atom is -0.475 e. The maximum Gasteiger partial charge on any atom is 0.221 e. The van der Waals surface area contributed by atoms with Crippen LogP contribution in [0.4, 0.5) is 0 Å². The summed E-state index contributed by atoms with van der Waals surface area (Å²) in [6.07, 6.45) is 0.714. The molecule has 0 aliphatic heterocycles. The number of aromatic nitrogens is 2. The first-order valence-corrected chi connectivity index (χ1v) is 7.37. The first-order chi connectivity index (χ1) is 10.2. The summed E-state index contributed by atoms with van der Waals surface area (Å²) in [7, 11) is 1.64. The number of rotatable bonds is 11. The summed E-state index contributed by atoms with van der Waals surface area (Å²) in [5.41, 5.74) is 0.747. The van der Waals surface area contributed by atoms with Crippen LogP contribution >= 0.6 is 11.6 Å². The average molecular weight is 319 g/mol. The number of methoxy groups -OCH3 is 1. The molecule has 0 aliphatic carbocycles. The zero-order valence-electron chi connectivity index (χ0n) is 12.9. The highest BCUT2D eigenvalue weighted by atomic mass is 35.5. The number of halogens is 1. The smallest absolute Gasteiger partial charge is 0.221 e. The van der Waals surface area contributed by atoms with Gasteiger partial charge in [0.05, 0.1) is 33.0 Å². The minimum absolute atomic E-state index is 0.412. The summed E-state index contributed by atoms with van der Waals surface area (Å²) in [6, 6.07) is 0. The van der Waals surface area contributed by atoms with Crippen molar-refractivity contribution in [2.24, 2.45) is 0 Å². The molecule has 0 saturated carbocycles. The molecule has 0 unspecified atom stereocenters. The Morgan fingerprint density at radius 3 is 2.19 bits per heavy atom. The second-order valence-electron chi connectivity index (χ2n) is 4.28. The summed E-state index contributed by atoms with van der Waals surface area (Å²) >= 11 is 6.03. The molecule has 1 aromatic rings. The van der Waals surface area contributed by atoms with Crippen LogP contribution in [0.1, 0.15) is 18.3 Å². The van der Waals surface area contributed by atoms with E-state index in [4.69, 9.17) is 30.5 Å². The number of aryl methyl sites for hydroxylation is 1. The van der Waals surface area contributed by atoms with Crippen LogP contribution < -0.4 is 4.74 Å². The SMILES string of the molecule is CCc1nc(Cl)c(C)c(OCCOCCOCCOC)n1. The Bertz CT molecular complexity index is 418. The van der Waals surface area contributed by atoms with Gasteiger partial charge < -0.3 is 18.9 Å². The van der Waals surface area contributed by atoms with Crippen molar-refractivity contribution >= 4 is 11.6 Å².